The summed E-state index contributed by atoms with van der Waals surface area (Å²) in [7, 11) is -3.57. The Labute approximate surface area is 181 Å². The van der Waals surface area contributed by atoms with Crippen LogP contribution < -0.4 is 0 Å². The zero-order valence-corrected chi connectivity index (χ0v) is 18.4. The third kappa shape index (κ3) is 4.92. The van der Waals surface area contributed by atoms with Crippen LogP contribution in [-0.2, 0) is 26.0 Å². The maximum absolute atomic E-state index is 13.2. The summed E-state index contributed by atoms with van der Waals surface area (Å²) in [5, 5.41) is 2.00. The first kappa shape index (κ1) is 21.5. The molecule has 7 nitrogen and oxygen atoms in total. The first-order valence-electron chi connectivity index (χ1n) is 10.2. The predicted octanol–water partition coefficient (Wildman–Crippen LogP) is 2.59. The number of carbonyl (C=O) groups excluding carboxylic acids is 1. The Morgan fingerprint density at radius 2 is 1.90 bits per heavy atom. The highest BCUT2D eigenvalue weighted by Gasteiger charge is 2.27. The van der Waals surface area contributed by atoms with Crippen LogP contribution in [0, 0.1) is 0 Å². The number of benzene rings is 1. The maximum atomic E-state index is 13.2. The van der Waals surface area contributed by atoms with Crippen molar-refractivity contribution in [3.05, 3.63) is 52.2 Å². The average Bonchev–Trinajstić information content (AvgIpc) is 3.48. The molecule has 2 saturated heterocycles. The molecule has 0 aliphatic carbocycles. The van der Waals surface area contributed by atoms with Gasteiger partial charge in [-0.1, -0.05) is 6.07 Å². The number of nitrogens with zero attached hydrogens (tertiary/aromatic N) is 2. The fraction of sp³-hybridized carbons (Fsp3) is 0.476. The molecule has 2 fully saturated rings. The molecule has 0 unspecified atom stereocenters. The minimum Gasteiger partial charge on any atom is -0.379 e. The molecule has 2 aromatic rings. The van der Waals surface area contributed by atoms with Crippen LogP contribution in [0.1, 0.15) is 28.1 Å². The Morgan fingerprint density at radius 1 is 1.13 bits per heavy atom. The predicted molar refractivity (Wildman–Crippen MR) is 114 cm³/mol. The van der Waals surface area contributed by atoms with Gasteiger partial charge in [0.25, 0.3) is 5.91 Å². The van der Waals surface area contributed by atoms with Gasteiger partial charge in [0, 0.05) is 36.7 Å². The van der Waals surface area contributed by atoms with Gasteiger partial charge in [-0.3, -0.25) is 4.79 Å². The van der Waals surface area contributed by atoms with Gasteiger partial charge in [0.2, 0.25) is 10.0 Å². The van der Waals surface area contributed by atoms with Crippen LogP contribution in [0.4, 0.5) is 0 Å². The molecule has 1 aromatic carbocycles. The molecule has 0 saturated carbocycles. The fourth-order valence-corrected chi connectivity index (χ4v) is 5.86. The Balaban J connectivity index is 1.50. The molecule has 2 aliphatic rings. The number of hydrogen-bond donors (Lipinski definition) is 0. The number of sulfonamides is 1. The van der Waals surface area contributed by atoms with Crippen molar-refractivity contribution in [2.45, 2.75) is 30.4 Å². The minimum absolute atomic E-state index is 0.0508. The summed E-state index contributed by atoms with van der Waals surface area (Å²) in [6, 6.07) is 10.2. The quantitative estimate of drug-likeness (QED) is 0.648. The molecule has 1 atom stereocenters. The van der Waals surface area contributed by atoms with Gasteiger partial charge < -0.3 is 14.4 Å². The Morgan fingerprint density at radius 3 is 2.53 bits per heavy atom. The third-order valence-electron chi connectivity index (χ3n) is 5.37. The van der Waals surface area contributed by atoms with E-state index >= 15 is 0 Å². The van der Waals surface area contributed by atoms with Crippen LogP contribution in [0.2, 0.25) is 0 Å². The summed E-state index contributed by atoms with van der Waals surface area (Å²) in [5.41, 5.74) is 0.477. The van der Waals surface area contributed by atoms with Crippen LogP contribution in [0.25, 0.3) is 0 Å². The van der Waals surface area contributed by atoms with Gasteiger partial charge in [-0.15, -0.1) is 11.3 Å². The molecule has 30 heavy (non-hydrogen) atoms. The number of morpholine rings is 1. The van der Waals surface area contributed by atoms with E-state index in [0.717, 1.165) is 24.3 Å². The van der Waals surface area contributed by atoms with Gasteiger partial charge in [-0.2, -0.15) is 4.31 Å². The molecule has 0 radical (unpaired) electrons. The van der Waals surface area contributed by atoms with Gasteiger partial charge in [0.15, 0.2) is 0 Å². The number of thiophene rings is 1. The highest BCUT2D eigenvalue weighted by Crippen LogP contribution is 2.21. The van der Waals surface area contributed by atoms with E-state index in [1.165, 1.54) is 16.4 Å². The van der Waals surface area contributed by atoms with Crippen molar-refractivity contribution in [1.82, 2.24) is 9.21 Å². The lowest BCUT2D eigenvalue weighted by Crippen LogP contribution is -2.40. The summed E-state index contributed by atoms with van der Waals surface area (Å²) in [6.45, 7) is 3.28. The van der Waals surface area contributed by atoms with Crippen molar-refractivity contribution in [1.29, 1.82) is 0 Å². The van der Waals surface area contributed by atoms with Crippen molar-refractivity contribution in [2.24, 2.45) is 0 Å². The standard InChI is InChI=1S/C21H26N2O5S2/c24-21(22(15-18-3-1-11-28-18)16-19-4-2-14-29-19)17-5-7-20(8-6-17)30(25,26)23-9-12-27-13-10-23/h2,4-8,14,18H,1,3,9-13,15-16H2/t18-/m1/s1. The Hall–Kier alpha value is -1.78. The first-order chi connectivity index (χ1) is 14.5. The molecular formula is C21H26N2O5S2. The molecule has 3 heterocycles. The summed E-state index contributed by atoms with van der Waals surface area (Å²) >= 11 is 1.61. The second-order valence-electron chi connectivity index (χ2n) is 7.44. The van der Waals surface area contributed by atoms with Crippen LogP contribution in [-0.4, -0.2) is 69.1 Å². The Kier molecular flexibility index (Phi) is 6.84. The highest BCUT2D eigenvalue weighted by atomic mass is 32.2. The fourth-order valence-electron chi connectivity index (χ4n) is 3.73. The van der Waals surface area contributed by atoms with E-state index in [4.69, 9.17) is 9.47 Å². The molecule has 4 rings (SSSR count). The van der Waals surface area contributed by atoms with E-state index in [1.807, 2.05) is 17.5 Å². The van der Waals surface area contributed by atoms with E-state index in [1.54, 1.807) is 28.4 Å². The molecule has 0 spiro atoms. The molecule has 2 aliphatic heterocycles. The second kappa shape index (κ2) is 9.57. The largest absolute Gasteiger partial charge is 0.379 e. The van der Waals surface area contributed by atoms with Crippen LogP contribution >= 0.6 is 11.3 Å². The van der Waals surface area contributed by atoms with Crippen molar-refractivity contribution in [2.75, 3.05) is 39.5 Å². The summed E-state index contributed by atoms with van der Waals surface area (Å²) < 4.78 is 38.0. The van der Waals surface area contributed by atoms with Crippen molar-refractivity contribution >= 4 is 27.3 Å². The first-order valence-corrected chi connectivity index (χ1v) is 12.5. The lowest BCUT2D eigenvalue weighted by Gasteiger charge is -2.26. The topological polar surface area (TPSA) is 76.2 Å². The maximum Gasteiger partial charge on any atom is 0.254 e. The van der Waals surface area contributed by atoms with Crippen LogP contribution in [0.15, 0.2) is 46.7 Å². The monoisotopic (exact) mass is 450 g/mol. The van der Waals surface area contributed by atoms with Gasteiger partial charge in [0.1, 0.15) is 0 Å². The molecule has 0 bridgehead atoms. The number of amides is 1. The van der Waals surface area contributed by atoms with E-state index in [0.29, 0.717) is 45.0 Å². The zero-order chi connectivity index (χ0) is 21.0. The summed E-state index contributed by atoms with van der Waals surface area (Å²) in [4.78, 5) is 16.3. The van der Waals surface area contributed by atoms with E-state index in [2.05, 4.69) is 0 Å². The summed E-state index contributed by atoms with van der Waals surface area (Å²) in [5.74, 6) is -0.116. The minimum atomic E-state index is -3.57. The van der Waals surface area contributed by atoms with Gasteiger partial charge in [0.05, 0.1) is 30.8 Å². The molecule has 1 aromatic heterocycles. The van der Waals surface area contributed by atoms with Gasteiger partial charge in [-0.25, -0.2) is 8.42 Å². The lowest BCUT2D eigenvalue weighted by molar-refractivity contribution is 0.0509. The lowest BCUT2D eigenvalue weighted by atomic mass is 10.1. The number of hydrogen-bond acceptors (Lipinski definition) is 6. The molecular weight excluding hydrogens is 424 g/mol. The van der Waals surface area contributed by atoms with Crippen molar-refractivity contribution < 1.29 is 22.7 Å². The van der Waals surface area contributed by atoms with Crippen LogP contribution in [0.3, 0.4) is 0 Å². The number of carbonyl (C=O) groups is 1. The molecule has 0 N–H and O–H groups in total. The zero-order valence-electron chi connectivity index (χ0n) is 16.7. The number of ether oxygens (including phenoxy) is 2. The van der Waals surface area contributed by atoms with E-state index in [-0.39, 0.29) is 16.9 Å². The van der Waals surface area contributed by atoms with Crippen molar-refractivity contribution in [3.8, 4) is 0 Å². The average molecular weight is 451 g/mol. The van der Waals surface area contributed by atoms with Gasteiger partial charge >= 0.3 is 0 Å². The highest BCUT2D eigenvalue weighted by molar-refractivity contribution is 7.89. The van der Waals surface area contributed by atoms with E-state index in [9.17, 15) is 13.2 Å². The van der Waals surface area contributed by atoms with Crippen molar-refractivity contribution in [3.63, 3.8) is 0 Å². The SMILES string of the molecule is O=C(c1ccc(S(=O)(=O)N2CCOCC2)cc1)N(Cc1cccs1)C[C@H]1CCCO1. The van der Waals surface area contributed by atoms with Crippen LogP contribution in [0.5, 0.6) is 0 Å². The Bertz CT molecular complexity index is 932. The number of rotatable bonds is 7. The van der Waals surface area contributed by atoms with Gasteiger partial charge in [-0.05, 0) is 48.6 Å². The normalized spacial score (nSPS) is 20.3. The third-order valence-corrected chi connectivity index (χ3v) is 8.15. The smallest absolute Gasteiger partial charge is 0.254 e. The molecule has 9 heteroatoms. The summed E-state index contributed by atoms with van der Waals surface area (Å²) in [6.07, 6.45) is 2.01. The molecule has 162 valence electrons. The molecule has 1 amide bonds. The second-order valence-corrected chi connectivity index (χ2v) is 10.4. The van der Waals surface area contributed by atoms with E-state index < -0.39 is 10.0 Å².